The van der Waals surface area contributed by atoms with Crippen LogP contribution in [0.1, 0.15) is 15.9 Å². The third-order valence-electron chi connectivity index (χ3n) is 4.60. The van der Waals surface area contributed by atoms with Crippen molar-refractivity contribution in [1.82, 2.24) is 15.0 Å². The normalized spacial score (nSPS) is 10.7. The number of carbonyl (C=O) groups is 1. The lowest BCUT2D eigenvalue weighted by Crippen LogP contribution is -2.12. The largest absolute Gasteiger partial charge is 0.366 e. The number of carbonyl (C=O) groups excluding carboxylic acids is 1. The summed E-state index contributed by atoms with van der Waals surface area (Å²) in [7, 11) is -3.67. The van der Waals surface area contributed by atoms with Gasteiger partial charge < -0.3 is 11.1 Å². The van der Waals surface area contributed by atoms with Crippen LogP contribution in [0.4, 0.5) is 11.6 Å². The monoisotopic (exact) mass is 477 g/mol. The van der Waals surface area contributed by atoms with Crippen molar-refractivity contribution in [1.29, 1.82) is 0 Å². The van der Waals surface area contributed by atoms with Crippen molar-refractivity contribution in [3.05, 3.63) is 90.4 Å². The molecule has 174 valence electrons. The molecule has 0 unspecified atom stereocenters. The van der Waals surface area contributed by atoms with E-state index < -0.39 is 16.0 Å². The lowest BCUT2D eigenvalue weighted by atomic mass is 9.97. The maximum atomic E-state index is 11.8. The fourth-order valence-electron chi connectivity index (χ4n) is 3.09. The van der Waals surface area contributed by atoms with Crippen molar-refractivity contribution in [2.24, 2.45) is 5.73 Å². The molecule has 4 rings (SSSR count). The first-order chi connectivity index (χ1) is 16.1. The van der Waals surface area contributed by atoms with Crippen LogP contribution in [-0.2, 0) is 10.1 Å². The van der Waals surface area contributed by atoms with Gasteiger partial charge in [0.15, 0.2) is 0 Å². The highest BCUT2D eigenvalue weighted by atomic mass is 32.2. The van der Waals surface area contributed by atoms with Gasteiger partial charge in [-0.05, 0) is 53.9 Å². The number of benzene rings is 2. The quantitative estimate of drug-likeness (QED) is 0.367. The summed E-state index contributed by atoms with van der Waals surface area (Å²) in [5.41, 5.74) is 11.3. The zero-order valence-corrected chi connectivity index (χ0v) is 19.3. The minimum atomic E-state index is -3.67. The molecular formula is C24H23N5O4S. The Kier molecular flexibility index (Phi) is 7.67. The van der Waals surface area contributed by atoms with Crippen LogP contribution < -0.4 is 11.1 Å². The van der Waals surface area contributed by atoms with Crippen molar-refractivity contribution in [3.63, 3.8) is 0 Å². The molecule has 0 saturated heterocycles. The molecule has 0 aliphatic heterocycles. The smallest absolute Gasteiger partial charge is 0.261 e. The second-order valence-corrected chi connectivity index (χ2v) is 8.77. The number of nitrogens with zero attached hydrogens (tertiary/aromatic N) is 3. The van der Waals surface area contributed by atoms with E-state index in [4.69, 9.17) is 10.3 Å². The molecule has 10 heteroatoms. The Morgan fingerprint density at radius 2 is 1.74 bits per heavy atom. The van der Waals surface area contributed by atoms with E-state index in [1.54, 1.807) is 30.7 Å². The lowest BCUT2D eigenvalue weighted by Gasteiger charge is -2.13. The van der Waals surface area contributed by atoms with E-state index in [0.717, 1.165) is 33.6 Å². The van der Waals surface area contributed by atoms with Gasteiger partial charge in [-0.3, -0.25) is 14.3 Å². The number of hydrogen-bond donors (Lipinski definition) is 3. The molecule has 0 spiro atoms. The maximum absolute atomic E-state index is 11.8. The Bertz CT molecular complexity index is 1400. The molecule has 1 amide bonds. The number of hydrogen-bond acceptors (Lipinski definition) is 7. The average Bonchev–Trinajstić information content (AvgIpc) is 2.80. The zero-order valence-electron chi connectivity index (χ0n) is 18.5. The number of rotatable bonds is 5. The first-order valence-electron chi connectivity index (χ1n) is 10.0. The van der Waals surface area contributed by atoms with Crippen molar-refractivity contribution >= 4 is 27.7 Å². The van der Waals surface area contributed by atoms with Gasteiger partial charge in [-0.1, -0.05) is 30.3 Å². The number of amides is 1. The molecule has 0 saturated carbocycles. The van der Waals surface area contributed by atoms with Crippen LogP contribution in [0.3, 0.4) is 0 Å². The van der Waals surface area contributed by atoms with E-state index in [0.29, 0.717) is 17.8 Å². The molecule has 0 bridgehead atoms. The minimum Gasteiger partial charge on any atom is -0.366 e. The van der Waals surface area contributed by atoms with Crippen LogP contribution in [0, 0.1) is 6.92 Å². The number of primary amides is 1. The number of aromatic nitrogens is 3. The number of nitrogens with one attached hydrogen (secondary N) is 1. The highest BCUT2D eigenvalue weighted by Crippen LogP contribution is 2.29. The van der Waals surface area contributed by atoms with Crippen molar-refractivity contribution in [2.45, 2.75) is 6.92 Å². The Morgan fingerprint density at radius 3 is 2.41 bits per heavy atom. The van der Waals surface area contributed by atoms with E-state index in [-0.39, 0.29) is 0 Å². The van der Waals surface area contributed by atoms with Gasteiger partial charge in [0, 0.05) is 35.4 Å². The molecule has 0 fully saturated rings. The third-order valence-corrected chi connectivity index (χ3v) is 4.60. The summed E-state index contributed by atoms with van der Waals surface area (Å²) < 4.78 is 25.9. The molecule has 0 aliphatic rings. The predicted molar refractivity (Wildman–Crippen MR) is 131 cm³/mol. The molecule has 34 heavy (non-hydrogen) atoms. The van der Waals surface area contributed by atoms with Crippen molar-refractivity contribution < 1.29 is 17.8 Å². The number of anilines is 2. The Morgan fingerprint density at radius 1 is 1.00 bits per heavy atom. The molecule has 0 atom stereocenters. The summed E-state index contributed by atoms with van der Waals surface area (Å²) in [4.78, 5) is 24.9. The van der Waals surface area contributed by atoms with Gasteiger partial charge in [-0.25, -0.2) is 9.97 Å². The second-order valence-electron chi connectivity index (χ2n) is 7.30. The summed E-state index contributed by atoms with van der Waals surface area (Å²) in [6, 6.07) is 18.9. The predicted octanol–water partition coefficient (Wildman–Crippen LogP) is 3.86. The van der Waals surface area contributed by atoms with Crippen LogP contribution in [0.2, 0.25) is 0 Å². The van der Waals surface area contributed by atoms with Crippen LogP contribution in [0.5, 0.6) is 0 Å². The van der Waals surface area contributed by atoms with Gasteiger partial charge in [-0.2, -0.15) is 8.42 Å². The standard InChI is InChI=1S/C23H19N5O.CH4O3S/c1-15-8-9-16(18-6-2-3-7-19(18)22(24)29)13-21(15)28-23-26-12-10-20(27-23)17-5-4-11-25-14-17;1-5(2,3)4/h2-14H,1H3,(H2,24,29)(H,26,27,28);1H3,(H,2,3,4). The average molecular weight is 478 g/mol. The number of nitrogens with two attached hydrogens (primary N) is 1. The molecule has 2 heterocycles. The summed E-state index contributed by atoms with van der Waals surface area (Å²) in [5.74, 6) is 0.0259. The SMILES string of the molecule is CS(=O)(=O)O.Cc1ccc(-c2ccccc2C(N)=O)cc1Nc1nccc(-c2cccnc2)n1. The van der Waals surface area contributed by atoms with Gasteiger partial charge in [-0.15, -0.1) is 0 Å². The minimum absolute atomic E-state index is 0.455. The second kappa shape index (κ2) is 10.6. The van der Waals surface area contributed by atoms with E-state index in [1.807, 2.05) is 55.5 Å². The zero-order chi connectivity index (χ0) is 24.7. The summed E-state index contributed by atoms with van der Waals surface area (Å²) in [6.45, 7) is 2.00. The first-order valence-corrected chi connectivity index (χ1v) is 11.9. The Labute approximate surface area is 197 Å². The van der Waals surface area contributed by atoms with Gasteiger partial charge in [0.2, 0.25) is 11.9 Å². The topological polar surface area (TPSA) is 148 Å². The fourth-order valence-corrected chi connectivity index (χ4v) is 3.09. The van der Waals surface area contributed by atoms with Gasteiger partial charge in [0.05, 0.1) is 11.9 Å². The van der Waals surface area contributed by atoms with Crippen LogP contribution in [0.25, 0.3) is 22.4 Å². The van der Waals surface area contributed by atoms with Gasteiger partial charge in [0.1, 0.15) is 0 Å². The van der Waals surface area contributed by atoms with Gasteiger partial charge in [0.25, 0.3) is 10.1 Å². The molecule has 9 nitrogen and oxygen atoms in total. The molecule has 0 aliphatic carbocycles. The van der Waals surface area contributed by atoms with Crippen molar-refractivity contribution in [2.75, 3.05) is 11.6 Å². The number of pyridine rings is 1. The van der Waals surface area contributed by atoms with Crippen LogP contribution in [-0.4, -0.2) is 40.1 Å². The molecular weight excluding hydrogens is 454 g/mol. The highest BCUT2D eigenvalue weighted by molar-refractivity contribution is 7.85. The van der Waals surface area contributed by atoms with E-state index in [9.17, 15) is 13.2 Å². The summed E-state index contributed by atoms with van der Waals surface area (Å²) in [5, 5.41) is 3.28. The summed E-state index contributed by atoms with van der Waals surface area (Å²) >= 11 is 0. The Hall–Kier alpha value is -4.15. The van der Waals surface area contributed by atoms with Crippen LogP contribution >= 0.6 is 0 Å². The maximum Gasteiger partial charge on any atom is 0.261 e. The molecule has 2 aromatic heterocycles. The fraction of sp³-hybridized carbons (Fsp3) is 0.0833. The van der Waals surface area contributed by atoms with E-state index in [2.05, 4.69) is 20.3 Å². The Balaban J connectivity index is 0.000000588. The van der Waals surface area contributed by atoms with Crippen molar-refractivity contribution in [3.8, 4) is 22.4 Å². The molecule has 0 radical (unpaired) electrons. The molecule has 4 aromatic rings. The van der Waals surface area contributed by atoms with Gasteiger partial charge >= 0.3 is 0 Å². The molecule has 4 N–H and O–H groups in total. The van der Waals surface area contributed by atoms with Crippen LogP contribution in [0.15, 0.2) is 79.3 Å². The first kappa shape index (κ1) is 24.5. The van der Waals surface area contributed by atoms with E-state index >= 15 is 0 Å². The highest BCUT2D eigenvalue weighted by Gasteiger charge is 2.11. The third kappa shape index (κ3) is 6.92. The molecule has 2 aromatic carbocycles. The number of aryl methyl sites for hydroxylation is 1. The summed E-state index contributed by atoms with van der Waals surface area (Å²) in [6.07, 6.45) is 5.91. The van der Waals surface area contributed by atoms with E-state index in [1.165, 1.54) is 0 Å². The lowest BCUT2D eigenvalue weighted by molar-refractivity contribution is 0.100.